The standard InChI is InChI=1S/C15H21NO3/c1-3-5-14(15(17)18)19-13-7-4-6-10-11(13)8-9-12(10)16-2/h4,6-7,12,14,16H,3,5,8-9H2,1-2H3,(H,17,18). The van der Waals surface area contributed by atoms with Gasteiger partial charge in [0.2, 0.25) is 0 Å². The number of ether oxygens (including phenoxy) is 1. The van der Waals surface area contributed by atoms with Gasteiger partial charge in [-0.05, 0) is 43.5 Å². The molecule has 1 aliphatic rings. The van der Waals surface area contributed by atoms with Crippen LogP contribution in [0.25, 0.3) is 0 Å². The molecule has 2 rings (SSSR count). The van der Waals surface area contributed by atoms with Crippen LogP contribution in [0.1, 0.15) is 43.4 Å². The van der Waals surface area contributed by atoms with Gasteiger partial charge in [-0.2, -0.15) is 0 Å². The van der Waals surface area contributed by atoms with Gasteiger partial charge in [0.05, 0.1) is 0 Å². The lowest BCUT2D eigenvalue weighted by Gasteiger charge is -2.17. The zero-order valence-electron chi connectivity index (χ0n) is 11.5. The van der Waals surface area contributed by atoms with Crippen molar-refractivity contribution in [3.8, 4) is 5.75 Å². The van der Waals surface area contributed by atoms with Gasteiger partial charge in [0.25, 0.3) is 0 Å². The van der Waals surface area contributed by atoms with Crippen LogP contribution < -0.4 is 10.1 Å². The maximum atomic E-state index is 11.2. The zero-order valence-corrected chi connectivity index (χ0v) is 11.5. The van der Waals surface area contributed by atoms with Gasteiger partial charge in [-0.15, -0.1) is 0 Å². The van der Waals surface area contributed by atoms with Crippen LogP contribution in [0.3, 0.4) is 0 Å². The Balaban J connectivity index is 2.22. The molecule has 4 nitrogen and oxygen atoms in total. The number of carboxylic acids is 1. The molecule has 2 atom stereocenters. The summed E-state index contributed by atoms with van der Waals surface area (Å²) in [7, 11) is 1.95. The molecule has 19 heavy (non-hydrogen) atoms. The average Bonchev–Trinajstić information content (AvgIpc) is 2.82. The lowest BCUT2D eigenvalue weighted by atomic mass is 10.1. The molecule has 0 amide bonds. The summed E-state index contributed by atoms with van der Waals surface area (Å²) >= 11 is 0. The van der Waals surface area contributed by atoms with Crippen LogP contribution in [-0.2, 0) is 11.2 Å². The van der Waals surface area contributed by atoms with Crippen LogP contribution in [0.5, 0.6) is 5.75 Å². The van der Waals surface area contributed by atoms with E-state index in [-0.39, 0.29) is 0 Å². The summed E-state index contributed by atoms with van der Waals surface area (Å²) in [6.45, 7) is 1.96. The number of carboxylic acid groups (broad SMARTS) is 1. The molecular formula is C15H21NO3. The van der Waals surface area contributed by atoms with E-state index in [2.05, 4.69) is 11.4 Å². The Bertz CT molecular complexity index is 459. The Kier molecular flexibility index (Phi) is 4.43. The number of hydrogen-bond donors (Lipinski definition) is 2. The highest BCUT2D eigenvalue weighted by Crippen LogP contribution is 2.37. The molecule has 0 spiro atoms. The van der Waals surface area contributed by atoms with Crippen molar-refractivity contribution in [2.75, 3.05) is 7.05 Å². The Hall–Kier alpha value is -1.55. The van der Waals surface area contributed by atoms with Gasteiger partial charge in [-0.3, -0.25) is 0 Å². The highest BCUT2D eigenvalue weighted by Gasteiger charge is 2.26. The van der Waals surface area contributed by atoms with Gasteiger partial charge in [-0.1, -0.05) is 25.5 Å². The second-order valence-corrected chi connectivity index (χ2v) is 4.94. The van der Waals surface area contributed by atoms with Gasteiger partial charge in [-0.25, -0.2) is 4.79 Å². The summed E-state index contributed by atoms with van der Waals surface area (Å²) in [4.78, 5) is 11.2. The second-order valence-electron chi connectivity index (χ2n) is 4.94. The fraction of sp³-hybridized carbons (Fsp3) is 0.533. The first-order valence-corrected chi connectivity index (χ1v) is 6.85. The first-order valence-electron chi connectivity index (χ1n) is 6.85. The second kappa shape index (κ2) is 6.06. The van der Waals surface area contributed by atoms with E-state index in [1.807, 2.05) is 26.1 Å². The number of carbonyl (C=O) groups is 1. The van der Waals surface area contributed by atoms with Gasteiger partial charge in [0, 0.05) is 6.04 Å². The molecule has 2 N–H and O–H groups in total. The zero-order chi connectivity index (χ0) is 13.8. The largest absolute Gasteiger partial charge is 0.479 e. The summed E-state index contributed by atoms with van der Waals surface area (Å²) < 4.78 is 5.72. The van der Waals surface area contributed by atoms with Crippen molar-refractivity contribution < 1.29 is 14.6 Å². The van der Waals surface area contributed by atoms with Gasteiger partial charge in [0.1, 0.15) is 5.75 Å². The van der Waals surface area contributed by atoms with Gasteiger partial charge < -0.3 is 15.2 Å². The molecule has 0 heterocycles. The number of fused-ring (bicyclic) bond motifs is 1. The van der Waals surface area contributed by atoms with Crippen LogP contribution in [0.2, 0.25) is 0 Å². The number of benzene rings is 1. The number of hydrogen-bond acceptors (Lipinski definition) is 3. The predicted octanol–water partition coefficient (Wildman–Crippen LogP) is 2.53. The topological polar surface area (TPSA) is 58.6 Å². The highest BCUT2D eigenvalue weighted by atomic mass is 16.5. The third-order valence-electron chi connectivity index (χ3n) is 3.67. The van der Waals surface area contributed by atoms with E-state index in [0.717, 1.165) is 30.6 Å². The van der Waals surface area contributed by atoms with E-state index in [4.69, 9.17) is 4.74 Å². The molecule has 0 saturated carbocycles. The van der Waals surface area contributed by atoms with Crippen LogP contribution in [0, 0.1) is 0 Å². The summed E-state index contributed by atoms with van der Waals surface area (Å²) in [6, 6.07) is 6.26. The SMILES string of the molecule is CCCC(Oc1cccc2c1CCC2NC)C(=O)O. The van der Waals surface area contributed by atoms with Crippen molar-refractivity contribution in [1.82, 2.24) is 5.32 Å². The predicted molar refractivity (Wildman–Crippen MR) is 73.5 cm³/mol. The number of rotatable bonds is 6. The molecule has 4 heteroatoms. The molecule has 1 aromatic carbocycles. The highest BCUT2D eigenvalue weighted by molar-refractivity contribution is 5.72. The van der Waals surface area contributed by atoms with E-state index in [1.54, 1.807) is 0 Å². The van der Waals surface area contributed by atoms with E-state index < -0.39 is 12.1 Å². The van der Waals surface area contributed by atoms with Gasteiger partial charge >= 0.3 is 5.97 Å². The van der Waals surface area contributed by atoms with Crippen molar-refractivity contribution in [2.45, 2.75) is 44.8 Å². The van der Waals surface area contributed by atoms with E-state index in [9.17, 15) is 9.90 Å². The summed E-state index contributed by atoms with van der Waals surface area (Å²) in [6.07, 6.45) is 2.57. The lowest BCUT2D eigenvalue weighted by molar-refractivity contribution is -0.145. The van der Waals surface area contributed by atoms with Crippen LogP contribution >= 0.6 is 0 Å². The smallest absolute Gasteiger partial charge is 0.344 e. The molecule has 0 fully saturated rings. The van der Waals surface area contributed by atoms with Crippen molar-refractivity contribution >= 4 is 5.97 Å². The third-order valence-corrected chi connectivity index (χ3v) is 3.67. The van der Waals surface area contributed by atoms with E-state index in [0.29, 0.717) is 12.5 Å². The van der Waals surface area contributed by atoms with Crippen LogP contribution in [0.15, 0.2) is 18.2 Å². The fourth-order valence-electron chi connectivity index (χ4n) is 2.68. The lowest BCUT2D eigenvalue weighted by Crippen LogP contribution is -2.27. The van der Waals surface area contributed by atoms with Crippen molar-refractivity contribution in [3.05, 3.63) is 29.3 Å². The Morgan fingerprint density at radius 2 is 2.37 bits per heavy atom. The molecule has 0 saturated heterocycles. The van der Waals surface area contributed by atoms with Gasteiger partial charge in [0.15, 0.2) is 6.10 Å². The Morgan fingerprint density at radius 3 is 3.00 bits per heavy atom. The quantitative estimate of drug-likeness (QED) is 0.828. The minimum absolute atomic E-state index is 0.355. The average molecular weight is 263 g/mol. The minimum Gasteiger partial charge on any atom is -0.479 e. The fourth-order valence-corrected chi connectivity index (χ4v) is 2.68. The third kappa shape index (κ3) is 2.89. The molecule has 0 radical (unpaired) electrons. The van der Waals surface area contributed by atoms with Crippen LogP contribution in [-0.4, -0.2) is 24.2 Å². The maximum Gasteiger partial charge on any atom is 0.344 e. The number of aliphatic carboxylic acids is 1. The molecule has 0 aliphatic heterocycles. The van der Waals surface area contributed by atoms with Crippen LogP contribution in [0.4, 0.5) is 0 Å². The normalized spacial score (nSPS) is 18.9. The monoisotopic (exact) mass is 263 g/mol. The first-order chi connectivity index (χ1) is 9.17. The molecule has 1 aliphatic carbocycles. The summed E-state index contributed by atoms with van der Waals surface area (Å²) in [5.74, 6) is -0.154. The Morgan fingerprint density at radius 1 is 1.58 bits per heavy atom. The Labute approximate surface area is 113 Å². The van der Waals surface area contributed by atoms with Crippen molar-refractivity contribution in [1.29, 1.82) is 0 Å². The number of nitrogens with one attached hydrogen (secondary N) is 1. The summed E-state index contributed by atoms with van der Waals surface area (Å²) in [5.41, 5.74) is 2.39. The van der Waals surface area contributed by atoms with Crippen molar-refractivity contribution in [2.24, 2.45) is 0 Å². The van der Waals surface area contributed by atoms with Crippen molar-refractivity contribution in [3.63, 3.8) is 0 Å². The molecule has 0 aromatic heterocycles. The minimum atomic E-state index is -0.886. The van der Waals surface area contributed by atoms with E-state index >= 15 is 0 Å². The molecular weight excluding hydrogens is 242 g/mol. The molecule has 104 valence electrons. The molecule has 2 unspecified atom stereocenters. The molecule has 0 bridgehead atoms. The molecule has 1 aromatic rings. The summed E-state index contributed by atoms with van der Waals surface area (Å²) in [5, 5.41) is 12.5. The van der Waals surface area contributed by atoms with E-state index in [1.165, 1.54) is 5.56 Å². The maximum absolute atomic E-state index is 11.2. The first kappa shape index (κ1) is 13.9.